The van der Waals surface area contributed by atoms with Crippen LogP contribution >= 0.6 is 0 Å². The average molecular weight is 230 g/mol. The average Bonchev–Trinajstić information content (AvgIpc) is 2.60. The maximum atomic E-state index is 6.00. The van der Waals surface area contributed by atoms with Gasteiger partial charge in [-0.05, 0) is 6.07 Å². The molecule has 0 radical (unpaired) electrons. The summed E-state index contributed by atoms with van der Waals surface area (Å²) in [7, 11) is 1.92. The van der Waals surface area contributed by atoms with Gasteiger partial charge in [0.05, 0.1) is 5.69 Å². The van der Waals surface area contributed by atoms with Crippen molar-refractivity contribution >= 4 is 5.69 Å². The first-order valence-electron chi connectivity index (χ1n) is 5.63. The Labute approximate surface area is 101 Å². The van der Waals surface area contributed by atoms with Crippen molar-refractivity contribution < 1.29 is 0 Å². The number of anilines is 1. The SMILES string of the molecule is Cn1cc(-c2cnccc2N)c(C(C)(C)C)n1. The summed E-state index contributed by atoms with van der Waals surface area (Å²) in [5.74, 6) is 0. The summed E-state index contributed by atoms with van der Waals surface area (Å²) in [4.78, 5) is 4.14. The molecule has 2 aromatic rings. The van der Waals surface area contributed by atoms with Gasteiger partial charge in [-0.3, -0.25) is 9.67 Å². The second-order valence-electron chi connectivity index (χ2n) is 5.28. The molecule has 0 aromatic carbocycles. The Balaban J connectivity index is 2.64. The molecule has 2 aromatic heterocycles. The molecule has 4 heteroatoms. The largest absolute Gasteiger partial charge is 0.398 e. The molecule has 0 spiro atoms. The van der Waals surface area contributed by atoms with E-state index in [4.69, 9.17) is 5.73 Å². The van der Waals surface area contributed by atoms with Crippen molar-refractivity contribution in [3.8, 4) is 11.1 Å². The van der Waals surface area contributed by atoms with Gasteiger partial charge in [0, 0.05) is 47.9 Å². The van der Waals surface area contributed by atoms with Crippen LogP contribution in [0.25, 0.3) is 11.1 Å². The number of aromatic nitrogens is 3. The fourth-order valence-corrected chi connectivity index (χ4v) is 1.87. The summed E-state index contributed by atoms with van der Waals surface area (Å²) in [5, 5.41) is 4.53. The van der Waals surface area contributed by atoms with Crippen molar-refractivity contribution in [2.75, 3.05) is 5.73 Å². The third kappa shape index (κ3) is 2.16. The van der Waals surface area contributed by atoms with E-state index < -0.39 is 0 Å². The molecule has 0 saturated heterocycles. The fraction of sp³-hybridized carbons (Fsp3) is 0.385. The monoisotopic (exact) mass is 230 g/mol. The predicted octanol–water partition coefficient (Wildman–Crippen LogP) is 2.36. The summed E-state index contributed by atoms with van der Waals surface area (Å²) in [6.07, 6.45) is 5.49. The molecule has 0 atom stereocenters. The first kappa shape index (κ1) is 11.6. The molecular formula is C13H18N4. The number of hydrogen-bond donors (Lipinski definition) is 1. The van der Waals surface area contributed by atoms with Crippen LogP contribution in [0.15, 0.2) is 24.7 Å². The molecular weight excluding hydrogens is 212 g/mol. The Hall–Kier alpha value is -1.84. The van der Waals surface area contributed by atoms with Crippen LogP contribution in [0.5, 0.6) is 0 Å². The lowest BCUT2D eigenvalue weighted by molar-refractivity contribution is 0.554. The number of nitrogens with two attached hydrogens (primary N) is 1. The van der Waals surface area contributed by atoms with Gasteiger partial charge < -0.3 is 5.73 Å². The molecule has 0 aliphatic carbocycles. The van der Waals surface area contributed by atoms with E-state index in [1.807, 2.05) is 24.0 Å². The lowest BCUT2D eigenvalue weighted by Gasteiger charge is -2.17. The molecule has 0 unspecified atom stereocenters. The third-order valence-electron chi connectivity index (χ3n) is 2.68. The summed E-state index contributed by atoms with van der Waals surface area (Å²) in [5.41, 5.74) is 9.77. The second kappa shape index (κ2) is 3.87. The molecule has 0 amide bonds. The maximum Gasteiger partial charge on any atom is 0.0757 e. The van der Waals surface area contributed by atoms with Gasteiger partial charge in [-0.25, -0.2) is 0 Å². The van der Waals surface area contributed by atoms with Crippen molar-refractivity contribution in [1.82, 2.24) is 14.8 Å². The van der Waals surface area contributed by atoms with E-state index in [0.29, 0.717) is 0 Å². The first-order chi connectivity index (χ1) is 7.89. The van der Waals surface area contributed by atoms with E-state index >= 15 is 0 Å². The first-order valence-corrected chi connectivity index (χ1v) is 5.63. The highest BCUT2D eigenvalue weighted by molar-refractivity contribution is 5.77. The number of rotatable bonds is 1. The summed E-state index contributed by atoms with van der Waals surface area (Å²) in [6.45, 7) is 6.43. The van der Waals surface area contributed by atoms with Crippen LogP contribution in [0.4, 0.5) is 5.69 Å². The van der Waals surface area contributed by atoms with Crippen LogP contribution < -0.4 is 5.73 Å². The maximum absolute atomic E-state index is 6.00. The van der Waals surface area contributed by atoms with Crippen LogP contribution in [0, 0.1) is 0 Å². The standard InChI is InChI=1S/C13H18N4/c1-13(2,3)12-10(8-17(4)16-12)9-7-15-6-5-11(9)14/h5-8H,1-4H3,(H2,14,15). The van der Waals surface area contributed by atoms with E-state index in [1.54, 1.807) is 12.4 Å². The fourth-order valence-electron chi connectivity index (χ4n) is 1.87. The van der Waals surface area contributed by atoms with E-state index in [-0.39, 0.29) is 5.41 Å². The smallest absolute Gasteiger partial charge is 0.0757 e. The summed E-state index contributed by atoms with van der Waals surface area (Å²) >= 11 is 0. The molecule has 0 bridgehead atoms. The summed E-state index contributed by atoms with van der Waals surface area (Å²) in [6, 6.07) is 1.81. The lowest BCUT2D eigenvalue weighted by atomic mass is 9.87. The highest BCUT2D eigenvalue weighted by Gasteiger charge is 2.23. The molecule has 2 rings (SSSR count). The minimum atomic E-state index is -0.0150. The van der Waals surface area contributed by atoms with Gasteiger partial charge in [0.1, 0.15) is 0 Å². The molecule has 0 aliphatic rings. The molecule has 0 aliphatic heterocycles. The van der Waals surface area contributed by atoms with Gasteiger partial charge in [0.15, 0.2) is 0 Å². The van der Waals surface area contributed by atoms with Crippen LogP contribution in [-0.2, 0) is 12.5 Å². The predicted molar refractivity (Wildman–Crippen MR) is 69.6 cm³/mol. The van der Waals surface area contributed by atoms with E-state index in [1.165, 1.54) is 0 Å². The van der Waals surface area contributed by atoms with Crippen molar-refractivity contribution in [2.24, 2.45) is 7.05 Å². The molecule has 17 heavy (non-hydrogen) atoms. The highest BCUT2D eigenvalue weighted by atomic mass is 15.3. The zero-order valence-corrected chi connectivity index (χ0v) is 10.7. The molecule has 90 valence electrons. The van der Waals surface area contributed by atoms with Crippen molar-refractivity contribution in [1.29, 1.82) is 0 Å². The van der Waals surface area contributed by atoms with Crippen molar-refractivity contribution in [3.05, 3.63) is 30.4 Å². The van der Waals surface area contributed by atoms with E-state index in [0.717, 1.165) is 22.5 Å². The Morgan fingerprint density at radius 3 is 2.53 bits per heavy atom. The van der Waals surface area contributed by atoms with Crippen molar-refractivity contribution in [2.45, 2.75) is 26.2 Å². The molecule has 0 fully saturated rings. The van der Waals surface area contributed by atoms with E-state index in [9.17, 15) is 0 Å². The Kier molecular flexibility index (Phi) is 2.65. The zero-order valence-electron chi connectivity index (χ0n) is 10.7. The van der Waals surface area contributed by atoms with Gasteiger partial charge >= 0.3 is 0 Å². The Morgan fingerprint density at radius 1 is 1.24 bits per heavy atom. The third-order valence-corrected chi connectivity index (χ3v) is 2.68. The van der Waals surface area contributed by atoms with Crippen LogP contribution in [0.1, 0.15) is 26.5 Å². The van der Waals surface area contributed by atoms with Crippen LogP contribution in [-0.4, -0.2) is 14.8 Å². The quantitative estimate of drug-likeness (QED) is 0.818. The van der Waals surface area contributed by atoms with Gasteiger partial charge in [-0.2, -0.15) is 5.10 Å². The van der Waals surface area contributed by atoms with E-state index in [2.05, 4.69) is 30.9 Å². The van der Waals surface area contributed by atoms with Crippen LogP contribution in [0.3, 0.4) is 0 Å². The molecule has 2 heterocycles. The number of aryl methyl sites for hydroxylation is 1. The molecule has 2 N–H and O–H groups in total. The van der Waals surface area contributed by atoms with Gasteiger partial charge in [-0.1, -0.05) is 20.8 Å². The van der Waals surface area contributed by atoms with Gasteiger partial charge in [-0.15, -0.1) is 0 Å². The second-order valence-corrected chi connectivity index (χ2v) is 5.28. The van der Waals surface area contributed by atoms with Crippen molar-refractivity contribution in [3.63, 3.8) is 0 Å². The number of pyridine rings is 1. The molecule has 4 nitrogen and oxygen atoms in total. The lowest BCUT2D eigenvalue weighted by Crippen LogP contribution is -2.14. The minimum Gasteiger partial charge on any atom is -0.398 e. The minimum absolute atomic E-state index is 0.0150. The number of nitrogens with zero attached hydrogens (tertiary/aromatic N) is 3. The van der Waals surface area contributed by atoms with Gasteiger partial charge in [0.25, 0.3) is 0 Å². The number of nitrogen functional groups attached to an aromatic ring is 1. The van der Waals surface area contributed by atoms with Crippen LogP contribution in [0.2, 0.25) is 0 Å². The van der Waals surface area contributed by atoms with Gasteiger partial charge in [0.2, 0.25) is 0 Å². The zero-order chi connectivity index (χ0) is 12.6. The molecule has 0 saturated carbocycles. The Bertz CT molecular complexity index is 535. The summed E-state index contributed by atoms with van der Waals surface area (Å²) < 4.78 is 1.82. The topological polar surface area (TPSA) is 56.7 Å². The number of hydrogen-bond acceptors (Lipinski definition) is 3. The Morgan fingerprint density at radius 2 is 1.94 bits per heavy atom. The normalized spacial score (nSPS) is 11.8. The highest BCUT2D eigenvalue weighted by Crippen LogP contribution is 2.33.